The number of carbonyl (C=O) groups excluding carboxylic acids is 2. The topological polar surface area (TPSA) is 266 Å². The molecule has 3 fully saturated rings. The summed E-state index contributed by atoms with van der Waals surface area (Å²) in [5.74, 6) is -1.28. The van der Waals surface area contributed by atoms with Crippen LogP contribution >= 0.6 is 0 Å². The van der Waals surface area contributed by atoms with Gasteiger partial charge in [0.1, 0.15) is 67.0 Å². The maximum absolute atomic E-state index is 12.0. The van der Waals surface area contributed by atoms with E-state index in [2.05, 4.69) is 10.6 Å². The van der Waals surface area contributed by atoms with Gasteiger partial charge in [0, 0.05) is 13.8 Å². The Labute approximate surface area is 223 Å². The van der Waals surface area contributed by atoms with Crippen LogP contribution in [0.4, 0.5) is 0 Å². The minimum atomic E-state index is -1.80. The van der Waals surface area contributed by atoms with Crippen LogP contribution in [0.25, 0.3) is 0 Å². The van der Waals surface area contributed by atoms with Crippen molar-refractivity contribution < 1.29 is 74.1 Å². The summed E-state index contributed by atoms with van der Waals surface area (Å²) in [4.78, 5) is 23.8. The average molecular weight is 571 g/mol. The van der Waals surface area contributed by atoms with Crippen molar-refractivity contribution in [3.63, 3.8) is 0 Å². The zero-order valence-corrected chi connectivity index (χ0v) is 21.5. The van der Waals surface area contributed by atoms with Crippen molar-refractivity contribution in [1.82, 2.24) is 10.6 Å². The second kappa shape index (κ2) is 13.4. The summed E-state index contributed by atoms with van der Waals surface area (Å²) in [5, 5.41) is 86.7. The van der Waals surface area contributed by atoms with Gasteiger partial charge in [0.2, 0.25) is 11.8 Å². The summed E-state index contributed by atoms with van der Waals surface area (Å²) < 4.78 is 28.4. The summed E-state index contributed by atoms with van der Waals surface area (Å²) in [6, 6.07) is -2.82. The Balaban J connectivity index is 1.98. The standard InChI is InChI=1S/C22H38N2O15/c1-6-13(29)16(32)17(33)22(35-6)39-19-12(24-8(3)28)20(34)36-10(5-26)18(19)38-21-11(23-7(2)27)15(31)14(30)9(4-25)37-21/h6,9-22,25-26,29-34H,4-5H2,1-3H3,(H,23,27)(H,24,28)/t6-,9+,10+,11+,12+,13+,14-,15+,16+,17-,18+,19+,20?,21-,22-/m0/s1. The first-order valence-electron chi connectivity index (χ1n) is 12.4. The lowest BCUT2D eigenvalue weighted by Gasteiger charge is -2.50. The SMILES string of the molecule is CC(=O)N[C@H]1[C@H](O[C@H]2[C@H](O[C@@H]3O[C@@H](C)[C@@H](O)[C@@H](O)[C@@H]3O)[C@@H](NC(C)=O)C(O)O[C@@H]2CO)O[C@H](CO)[C@H](O)[C@@H]1O. The number of aliphatic hydroxyl groups is 8. The van der Waals surface area contributed by atoms with Gasteiger partial charge in [-0.1, -0.05) is 0 Å². The van der Waals surface area contributed by atoms with Gasteiger partial charge in [0.05, 0.1) is 19.3 Å². The molecule has 10 N–H and O–H groups in total. The first-order valence-corrected chi connectivity index (χ1v) is 12.4. The lowest BCUT2D eigenvalue weighted by molar-refractivity contribution is -0.362. The predicted octanol–water partition coefficient (Wildman–Crippen LogP) is -6.26. The molecular formula is C22H38N2O15. The number of amides is 2. The quantitative estimate of drug-likeness (QED) is 0.130. The predicted molar refractivity (Wildman–Crippen MR) is 123 cm³/mol. The van der Waals surface area contributed by atoms with Crippen molar-refractivity contribution in [3.05, 3.63) is 0 Å². The highest BCUT2D eigenvalue weighted by Crippen LogP contribution is 2.33. The third kappa shape index (κ3) is 7.02. The van der Waals surface area contributed by atoms with E-state index < -0.39 is 117 Å². The number of hydrogen-bond acceptors (Lipinski definition) is 15. The second-order valence-corrected chi connectivity index (χ2v) is 9.79. The number of carbonyl (C=O) groups is 2. The van der Waals surface area contributed by atoms with Gasteiger partial charge in [0.15, 0.2) is 18.9 Å². The van der Waals surface area contributed by atoms with Gasteiger partial charge in [-0.25, -0.2) is 0 Å². The molecular weight excluding hydrogens is 532 g/mol. The Hall–Kier alpha value is -1.58. The number of nitrogens with one attached hydrogen (secondary N) is 2. The van der Waals surface area contributed by atoms with E-state index in [0.29, 0.717) is 0 Å². The van der Waals surface area contributed by atoms with E-state index in [9.17, 15) is 50.4 Å². The van der Waals surface area contributed by atoms with Crippen molar-refractivity contribution in [2.75, 3.05) is 13.2 Å². The van der Waals surface area contributed by atoms with E-state index in [4.69, 9.17) is 23.7 Å². The van der Waals surface area contributed by atoms with Crippen LogP contribution in [0, 0.1) is 0 Å². The first kappa shape index (κ1) is 31.9. The lowest BCUT2D eigenvalue weighted by Crippen LogP contribution is -2.70. The van der Waals surface area contributed by atoms with Gasteiger partial charge in [-0.05, 0) is 6.92 Å². The van der Waals surface area contributed by atoms with Gasteiger partial charge in [-0.15, -0.1) is 0 Å². The van der Waals surface area contributed by atoms with E-state index in [1.54, 1.807) is 0 Å². The molecule has 17 nitrogen and oxygen atoms in total. The molecule has 39 heavy (non-hydrogen) atoms. The third-order valence-electron chi connectivity index (χ3n) is 6.86. The second-order valence-electron chi connectivity index (χ2n) is 9.79. The summed E-state index contributed by atoms with van der Waals surface area (Å²) in [6.45, 7) is 2.13. The molecule has 3 aliphatic heterocycles. The summed E-state index contributed by atoms with van der Waals surface area (Å²) in [6.07, 6.45) is -20.0. The van der Waals surface area contributed by atoms with E-state index in [0.717, 1.165) is 13.8 Å². The minimum absolute atomic E-state index is 0.635. The fourth-order valence-corrected chi connectivity index (χ4v) is 4.80. The normalized spacial score (nSPS) is 46.9. The van der Waals surface area contributed by atoms with Crippen molar-refractivity contribution in [2.24, 2.45) is 0 Å². The third-order valence-corrected chi connectivity index (χ3v) is 6.86. The molecule has 3 saturated heterocycles. The Bertz CT molecular complexity index is 837. The molecule has 0 aromatic rings. The molecule has 1 unspecified atom stereocenters. The molecule has 3 aliphatic rings. The highest BCUT2D eigenvalue weighted by molar-refractivity contribution is 5.73. The van der Waals surface area contributed by atoms with Crippen LogP contribution in [0.2, 0.25) is 0 Å². The maximum atomic E-state index is 12.0. The van der Waals surface area contributed by atoms with E-state index in [1.807, 2.05) is 0 Å². The van der Waals surface area contributed by atoms with Crippen molar-refractivity contribution in [2.45, 2.75) is 113 Å². The molecule has 0 aromatic carbocycles. The summed E-state index contributed by atoms with van der Waals surface area (Å²) >= 11 is 0. The molecule has 17 heteroatoms. The number of rotatable bonds is 8. The molecule has 0 aliphatic carbocycles. The average Bonchev–Trinajstić information content (AvgIpc) is 2.88. The molecule has 0 radical (unpaired) electrons. The monoisotopic (exact) mass is 570 g/mol. The van der Waals surface area contributed by atoms with Gasteiger partial charge >= 0.3 is 0 Å². The van der Waals surface area contributed by atoms with Crippen LogP contribution in [0.5, 0.6) is 0 Å². The van der Waals surface area contributed by atoms with Crippen LogP contribution in [-0.2, 0) is 33.3 Å². The minimum Gasteiger partial charge on any atom is -0.394 e. The Kier molecular flexibility index (Phi) is 11.0. The van der Waals surface area contributed by atoms with Crippen LogP contribution in [0.15, 0.2) is 0 Å². The molecule has 0 bridgehead atoms. The Morgan fingerprint density at radius 1 is 0.667 bits per heavy atom. The van der Waals surface area contributed by atoms with Crippen molar-refractivity contribution in [3.8, 4) is 0 Å². The Morgan fingerprint density at radius 2 is 1.23 bits per heavy atom. The largest absolute Gasteiger partial charge is 0.394 e. The highest BCUT2D eigenvalue weighted by atomic mass is 16.7. The Morgan fingerprint density at radius 3 is 1.79 bits per heavy atom. The molecule has 0 saturated carbocycles. The molecule has 226 valence electrons. The van der Waals surface area contributed by atoms with E-state index in [-0.39, 0.29) is 0 Å². The highest BCUT2D eigenvalue weighted by Gasteiger charge is 2.54. The molecule has 0 spiro atoms. The molecule has 3 rings (SSSR count). The van der Waals surface area contributed by atoms with Gasteiger partial charge in [0.25, 0.3) is 0 Å². The molecule has 0 aromatic heterocycles. The van der Waals surface area contributed by atoms with Crippen LogP contribution in [0.1, 0.15) is 20.8 Å². The smallest absolute Gasteiger partial charge is 0.217 e. The molecule has 3 heterocycles. The van der Waals surface area contributed by atoms with Crippen LogP contribution < -0.4 is 10.6 Å². The first-order chi connectivity index (χ1) is 18.3. The van der Waals surface area contributed by atoms with Crippen LogP contribution in [0.3, 0.4) is 0 Å². The van der Waals surface area contributed by atoms with Gasteiger partial charge < -0.3 is 75.2 Å². The molecule has 2 amide bonds. The maximum Gasteiger partial charge on any atom is 0.217 e. The number of ether oxygens (including phenoxy) is 5. The number of hydrogen-bond donors (Lipinski definition) is 10. The fraction of sp³-hybridized carbons (Fsp3) is 0.909. The van der Waals surface area contributed by atoms with Crippen LogP contribution in [-0.4, -0.2) is 158 Å². The zero-order chi connectivity index (χ0) is 29.2. The van der Waals surface area contributed by atoms with Gasteiger partial charge in [-0.2, -0.15) is 0 Å². The van der Waals surface area contributed by atoms with Gasteiger partial charge in [-0.3, -0.25) is 9.59 Å². The molecule has 15 atom stereocenters. The zero-order valence-electron chi connectivity index (χ0n) is 21.5. The van der Waals surface area contributed by atoms with Crippen molar-refractivity contribution >= 4 is 11.8 Å². The fourth-order valence-electron chi connectivity index (χ4n) is 4.80. The number of aliphatic hydroxyl groups excluding tert-OH is 8. The van der Waals surface area contributed by atoms with Crippen molar-refractivity contribution in [1.29, 1.82) is 0 Å². The summed E-state index contributed by atoms with van der Waals surface area (Å²) in [7, 11) is 0. The van der Waals surface area contributed by atoms with E-state index >= 15 is 0 Å². The lowest BCUT2D eigenvalue weighted by atomic mass is 9.94. The van der Waals surface area contributed by atoms with E-state index in [1.165, 1.54) is 6.92 Å². The summed E-state index contributed by atoms with van der Waals surface area (Å²) in [5.41, 5.74) is 0.